The van der Waals surface area contributed by atoms with Gasteiger partial charge in [0.05, 0.1) is 0 Å². The first-order chi connectivity index (χ1) is 11.1. The first kappa shape index (κ1) is 17.3. The molecule has 0 atom stereocenters. The Morgan fingerprint density at radius 3 is 2.70 bits per heavy atom. The highest BCUT2D eigenvalue weighted by Crippen LogP contribution is 2.23. The number of carbonyl (C=O) groups is 2. The Balaban J connectivity index is 1.57. The van der Waals surface area contributed by atoms with Crippen molar-refractivity contribution in [1.82, 2.24) is 5.32 Å². The predicted molar refractivity (Wildman–Crippen MR) is 87.2 cm³/mol. The number of hydrogen-bond donors (Lipinski definition) is 1. The topological polar surface area (TPSA) is 64.6 Å². The summed E-state index contributed by atoms with van der Waals surface area (Å²) in [7, 11) is 0. The van der Waals surface area contributed by atoms with Gasteiger partial charge in [0.25, 0.3) is 0 Å². The van der Waals surface area contributed by atoms with E-state index in [0.717, 1.165) is 37.0 Å². The van der Waals surface area contributed by atoms with Gasteiger partial charge in [0, 0.05) is 5.92 Å². The highest BCUT2D eigenvalue weighted by Gasteiger charge is 2.21. The quantitative estimate of drug-likeness (QED) is 0.620. The van der Waals surface area contributed by atoms with Crippen LogP contribution in [0.2, 0.25) is 0 Å². The van der Waals surface area contributed by atoms with E-state index in [4.69, 9.17) is 9.47 Å². The molecule has 1 aliphatic carbocycles. The second-order valence-electron chi connectivity index (χ2n) is 5.94. The summed E-state index contributed by atoms with van der Waals surface area (Å²) in [5.74, 6) is 0.354. The van der Waals surface area contributed by atoms with Crippen molar-refractivity contribution in [1.29, 1.82) is 0 Å². The second kappa shape index (κ2) is 9.18. The van der Waals surface area contributed by atoms with Crippen molar-refractivity contribution in [3.63, 3.8) is 0 Å². The molecule has 0 aromatic heterocycles. The van der Waals surface area contributed by atoms with Crippen LogP contribution in [0.5, 0.6) is 5.75 Å². The molecule has 0 unspecified atom stereocenters. The lowest BCUT2D eigenvalue weighted by Gasteiger charge is -2.20. The SMILES string of the molecule is Cc1cccc(OCCOC(=O)CNC(=O)C2CCCCC2)c1. The molecular formula is C18H25NO4. The number of amides is 1. The van der Waals surface area contributed by atoms with Gasteiger partial charge in [0.2, 0.25) is 5.91 Å². The maximum atomic E-state index is 11.9. The first-order valence-electron chi connectivity index (χ1n) is 8.28. The van der Waals surface area contributed by atoms with Gasteiger partial charge in [0.1, 0.15) is 25.5 Å². The van der Waals surface area contributed by atoms with Crippen molar-refractivity contribution in [3.05, 3.63) is 29.8 Å². The fourth-order valence-electron chi connectivity index (χ4n) is 2.74. The fourth-order valence-corrected chi connectivity index (χ4v) is 2.74. The minimum atomic E-state index is -0.429. The Bertz CT molecular complexity index is 524. The minimum absolute atomic E-state index is 0.0299. The van der Waals surface area contributed by atoms with Crippen molar-refractivity contribution in [2.75, 3.05) is 19.8 Å². The highest BCUT2D eigenvalue weighted by atomic mass is 16.6. The largest absolute Gasteiger partial charge is 0.490 e. The Hall–Kier alpha value is -2.04. The van der Waals surface area contributed by atoms with Crippen LogP contribution in [0.3, 0.4) is 0 Å². The van der Waals surface area contributed by atoms with Gasteiger partial charge in [-0.3, -0.25) is 9.59 Å². The molecule has 1 saturated carbocycles. The molecule has 5 heteroatoms. The molecule has 1 fully saturated rings. The van der Waals surface area contributed by atoms with Crippen molar-refractivity contribution in [3.8, 4) is 5.75 Å². The van der Waals surface area contributed by atoms with E-state index in [9.17, 15) is 9.59 Å². The molecule has 1 aromatic carbocycles. The number of carbonyl (C=O) groups excluding carboxylic acids is 2. The number of aryl methyl sites for hydroxylation is 1. The Kier molecular flexibility index (Phi) is 6.91. The molecule has 1 aromatic rings. The van der Waals surface area contributed by atoms with Crippen molar-refractivity contribution in [2.45, 2.75) is 39.0 Å². The van der Waals surface area contributed by atoms with Crippen LogP contribution in [0.1, 0.15) is 37.7 Å². The summed E-state index contributed by atoms with van der Waals surface area (Å²) in [4.78, 5) is 23.5. The Morgan fingerprint density at radius 1 is 1.17 bits per heavy atom. The summed E-state index contributed by atoms with van der Waals surface area (Å²) in [6, 6.07) is 7.69. The van der Waals surface area contributed by atoms with E-state index < -0.39 is 5.97 Å². The highest BCUT2D eigenvalue weighted by molar-refractivity contribution is 5.83. The zero-order valence-electron chi connectivity index (χ0n) is 13.7. The smallest absolute Gasteiger partial charge is 0.325 e. The van der Waals surface area contributed by atoms with Gasteiger partial charge in [-0.25, -0.2) is 0 Å². The number of nitrogens with one attached hydrogen (secondary N) is 1. The number of ether oxygens (including phenoxy) is 2. The Labute approximate surface area is 137 Å². The zero-order valence-corrected chi connectivity index (χ0v) is 13.7. The molecule has 0 spiro atoms. The maximum absolute atomic E-state index is 11.9. The summed E-state index contributed by atoms with van der Waals surface area (Å²) >= 11 is 0. The van der Waals surface area contributed by atoms with E-state index in [0.29, 0.717) is 6.61 Å². The van der Waals surface area contributed by atoms with Crippen LogP contribution in [0.4, 0.5) is 0 Å². The third-order valence-electron chi connectivity index (χ3n) is 3.99. The molecule has 1 amide bonds. The van der Waals surface area contributed by atoms with Crippen molar-refractivity contribution in [2.24, 2.45) is 5.92 Å². The summed E-state index contributed by atoms with van der Waals surface area (Å²) < 4.78 is 10.5. The van der Waals surface area contributed by atoms with E-state index in [1.54, 1.807) is 0 Å². The molecule has 0 radical (unpaired) electrons. The van der Waals surface area contributed by atoms with E-state index in [1.807, 2.05) is 31.2 Å². The summed E-state index contributed by atoms with van der Waals surface area (Å²) in [5.41, 5.74) is 1.12. The van der Waals surface area contributed by atoms with Crippen LogP contribution < -0.4 is 10.1 Å². The van der Waals surface area contributed by atoms with Crippen LogP contribution in [0.25, 0.3) is 0 Å². The fraction of sp³-hybridized carbons (Fsp3) is 0.556. The molecule has 126 valence electrons. The number of hydrogen-bond acceptors (Lipinski definition) is 4. The third kappa shape index (κ3) is 6.30. The monoisotopic (exact) mass is 319 g/mol. The van der Waals surface area contributed by atoms with Crippen LogP contribution in [0.15, 0.2) is 24.3 Å². The maximum Gasteiger partial charge on any atom is 0.325 e. The van der Waals surface area contributed by atoms with Gasteiger partial charge in [-0.15, -0.1) is 0 Å². The molecule has 5 nitrogen and oxygen atoms in total. The van der Waals surface area contributed by atoms with Crippen molar-refractivity contribution >= 4 is 11.9 Å². The molecule has 0 heterocycles. The van der Waals surface area contributed by atoms with E-state index >= 15 is 0 Å². The van der Waals surface area contributed by atoms with Gasteiger partial charge in [-0.2, -0.15) is 0 Å². The van der Waals surface area contributed by atoms with E-state index in [-0.39, 0.29) is 25.0 Å². The number of esters is 1. The van der Waals surface area contributed by atoms with E-state index in [2.05, 4.69) is 5.32 Å². The minimum Gasteiger partial charge on any atom is -0.490 e. The molecule has 0 bridgehead atoms. The van der Waals surface area contributed by atoms with Crippen LogP contribution in [-0.2, 0) is 14.3 Å². The molecule has 2 rings (SSSR count). The van der Waals surface area contributed by atoms with Crippen LogP contribution in [-0.4, -0.2) is 31.6 Å². The Morgan fingerprint density at radius 2 is 1.96 bits per heavy atom. The standard InChI is InChI=1S/C18H25NO4/c1-14-6-5-9-16(12-14)22-10-11-23-17(20)13-19-18(21)15-7-3-2-4-8-15/h5-6,9,12,15H,2-4,7-8,10-11,13H2,1H3,(H,19,21). The van der Waals surface area contributed by atoms with Crippen molar-refractivity contribution < 1.29 is 19.1 Å². The summed E-state index contributed by atoms with van der Waals surface area (Å²) in [6.07, 6.45) is 5.24. The van der Waals surface area contributed by atoms with Crippen LogP contribution >= 0.6 is 0 Å². The van der Waals surface area contributed by atoms with Gasteiger partial charge in [-0.1, -0.05) is 31.4 Å². The molecule has 23 heavy (non-hydrogen) atoms. The average Bonchev–Trinajstić information content (AvgIpc) is 2.57. The normalized spacial score (nSPS) is 15.0. The first-order valence-corrected chi connectivity index (χ1v) is 8.28. The zero-order chi connectivity index (χ0) is 16.5. The summed E-state index contributed by atoms with van der Waals surface area (Å²) in [5, 5.41) is 2.66. The molecule has 0 saturated heterocycles. The molecule has 0 aliphatic heterocycles. The van der Waals surface area contributed by atoms with Gasteiger partial charge in [0.15, 0.2) is 0 Å². The van der Waals surface area contributed by atoms with Gasteiger partial charge < -0.3 is 14.8 Å². The number of rotatable bonds is 7. The second-order valence-corrected chi connectivity index (χ2v) is 5.94. The molecule has 1 N–H and O–H groups in total. The lowest BCUT2D eigenvalue weighted by atomic mass is 9.89. The number of benzene rings is 1. The molecule has 1 aliphatic rings. The van der Waals surface area contributed by atoms with Gasteiger partial charge >= 0.3 is 5.97 Å². The molecular weight excluding hydrogens is 294 g/mol. The third-order valence-corrected chi connectivity index (χ3v) is 3.99. The lowest BCUT2D eigenvalue weighted by molar-refractivity contribution is -0.145. The predicted octanol–water partition coefficient (Wildman–Crippen LogP) is 2.61. The average molecular weight is 319 g/mol. The van der Waals surface area contributed by atoms with Crippen LogP contribution in [0, 0.1) is 12.8 Å². The van der Waals surface area contributed by atoms with Gasteiger partial charge in [-0.05, 0) is 37.5 Å². The van der Waals surface area contributed by atoms with E-state index in [1.165, 1.54) is 6.42 Å². The lowest BCUT2D eigenvalue weighted by Crippen LogP contribution is -2.36. The summed E-state index contributed by atoms with van der Waals surface area (Å²) in [6.45, 7) is 2.39.